The fourth-order valence-corrected chi connectivity index (χ4v) is 8.21. The van der Waals surface area contributed by atoms with Crippen molar-refractivity contribution in [1.29, 1.82) is 0 Å². The summed E-state index contributed by atoms with van der Waals surface area (Å²) in [7, 11) is 0. The molecule has 1 aliphatic heterocycles. The lowest BCUT2D eigenvalue weighted by molar-refractivity contribution is 0.722. The van der Waals surface area contributed by atoms with Crippen molar-refractivity contribution >= 4 is 38.5 Å². The molecule has 0 amide bonds. The standard InChI is InChI=1S/C35H21BrS/c36-32-20-19-23(24-9-1-2-11-27(24)32)22-17-18-26-25-10-3-4-12-28(25)35(31(26)21-22)29-13-5-7-15-33(29)37-34-16-8-6-14-30(34)35/h1-21H. The van der Waals surface area contributed by atoms with Crippen LogP contribution in [0.1, 0.15) is 22.3 Å². The molecule has 0 saturated heterocycles. The van der Waals surface area contributed by atoms with Crippen LogP contribution in [0.2, 0.25) is 0 Å². The minimum Gasteiger partial charge on any atom is -0.0894 e. The summed E-state index contributed by atoms with van der Waals surface area (Å²) in [4.78, 5) is 2.67. The summed E-state index contributed by atoms with van der Waals surface area (Å²) >= 11 is 5.66. The molecular weight excluding hydrogens is 532 g/mol. The van der Waals surface area contributed by atoms with Gasteiger partial charge in [-0.25, -0.2) is 0 Å². The minimum absolute atomic E-state index is 0.342. The average molecular weight is 554 g/mol. The molecule has 1 aliphatic carbocycles. The Kier molecular flexibility index (Phi) is 4.62. The first-order valence-electron chi connectivity index (χ1n) is 12.6. The highest BCUT2D eigenvalue weighted by Crippen LogP contribution is 2.62. The van der Waals surface area contributed by atoms with E-state index in [-0.39, 0.29) is 5.41 Å². The lowest BCUT2D eigenvalue weighted by Gasteiger charge is -2.39. The highest BCUT2D eigenvalue weighted by Gasteiger charge is 2.50. The number of hydrogen-bond acceptors (Lipinski definition) is 1. The minimum atomic E-state index is -0.342. The lowest BCUT2D eigenvalue weighted by Crippen LogP contribution is -2.31. The maximum atomic E-state index is 3.76. The molecule has 0 unspecified atom stereocenters. The number of fused-ring (bicyclic) bond motifs is 10. The summed E-state index contributed by atoms with van der Waals surface area (Å²) < 4.78 is 1.13. The first-order chi connectivity index (χ1) is 18.3. The van der Waals surface area contributed by atoms with Gasteiger partial charge in [-0.1, -0.05) is 131 Å². The number of hydrogen-bond donors (Lipinski definition) is 0. The van der Waals surface area contributed by atoms with E-state index in [1.54, 1.807) is 0 Å². The molecule has 0 saturated carbocycles. The Morgan fingerprint density at radius 2 is 1.03 bits per heavy atom. The second kappa shape index (κ2) is 7.95. The largest absolute Gasteiger partial charge is 0.0894 e. The van der Waals surface area contributed by atoms with Gasteiger partial charge in [-0.3, -0.25) is 0 Å². The van der Waals surface area contributed by atoms with Crippen LogP contribution in [0.4, 0.5) is 0 Å². The van der Waals surface area contributed by atoms with Crippen molar-refractivity contribution in [2.75, 3.05) is 0 Å². The summed E-state index contributed by atoms with van der Waals surface area (Å²) in [5, 5.41) is 2.50. The van der Waals surface area contributed by atoms with Gasteiger partial charge in [0.2, 0.25) is 0 Å². The van der Waals surface area contributed by atoms with E-state index in [9.17, 15) is 0 Å². The molecule has 174 valence electrons. The van der Waals surface area contributed by atoms with Crippen LogP contribution in [-0.2, 0) is 5.41 Å². The van der Waals surface area contributed by atoms with Gasteiger partial charge in [0.1, 0.15) is 0 Å². The molecule has 0 atom stereocenters. The van der Waals surface area contributed by atoms with Crippen molar-refractivity contribution in [2.24, 2.45) is 0 Å². The molecule has 6 aromatic rings. The van der Waals surface area contributed by atoms with Crippen molar-refractivity contribution in [1.82, 2.24) is 0 Å². The maximum absolute atomic E-state index is 3.76. The van der Waals surface area contributed by atoms with Crippen molar-refractivity contribution in [3.63, 3.8) is 0 Å². The van der Waals surface area contributed by atoms with Crippen LogP contribution < -0.4 is 0 Å². The van der Waals surface area contributed by atoms with Gasteiger partial charge in [0, 0.05) is 14.3 Å². The topological polar surface area (TPSA) is 0 Å². The van der Waals surface area contributed by atoms with Crippen LogP contribution in [0.25, 0.3) is 33.0 Å². The molecular formula is C35H21BrS. The first-order valence-corrected chi connectivity index (χ1v) is 14.2. The zero-order valence-electron chi connectivity index (χ0n) is 19.9. The van der Waals surface area contributed by atoms with Gasteiger partial charge in [0.15, 0.2) is 0 Å². The van der Waals surface area contributed by atoms with Crippen LogP contribution >= 0.6 is 27.7 Å². The maximum Gasteiger partial charge on any atom is 0.0735 e. The predicted molar refractivity (Wildman–Crippen MR) is 159 cm³/mol. The third-order valence-electron chi connectivity index (χ3n) is 8.03. The molecule has 0 nitrogen and oxygen atoms in total. The summed E-state index contributed by atoms with van der Waals surface area (Å²) in [5.41, 5.74) is 10.3. The highest BCUT2D eigenvalue weighted by molar-refractivity contribution is 9.10. The number of benzene rings is 6. The van der Waals surface area contributed by atoms with E-state index in [0.717, 1.165) is 4.47 Å². The van der Waals surface area contributed by atoms with Gasteiger partial charge in [-0.05, 0) is 79.5 Å². The molecule has 1 heterocycles. The van der Waals surface area contributed by atoms with Crippen molar-refractivity contribution in [2.45, 2.75) is 15.2 Å². The van der Waals surface area contributed by atoms with E-state index >= 15 is 0 Å². The van der Waals surface area contributed by atoms with Gasteiger partial charge >= 0.3 is 0 Å². The normalized spacial score (nSPS) is 14.2. The summed E-state index contributed by atoms with van der Waals surface area (Å²) in [5.74, 6) is 0. The van der Waals surface area contributed by atoms with Crippen molar-refractivity contribution in [3.8, 4) is 22.3 Å². The Bertz CT molecular complexity index is 1840. The van der Waals surface area contributed by atoms with Crippen LogP contribution in [0, 0.1) is 0 Å². The smallest absolute Gasteiger partial charge is 0.0735 e. The molecule has 0 fully saturated rings. The molecule has 0 N–H and O–H groups in total. The SMILES string of the molecule is Brc1ccc(-c2ccc3c(c2)C2(c4ccccc4Sc4ccccc42)c2ccccc2-3)c2ccccc12. The van der Waals surface area contributed by atoms with Gasteiger partial charge in [-0.2, -0.15) is 0 Å². The fraction of sp³-hybridized carbons (Fsp3) is 0.0286. The van der Waals surface area contributed by atoms with E-state index in [1.807, 2.05) is 11.8 Å². The fourth-order valence-electron chi connectivity index (χ4n) is 6.54. The third kappa shape index (κ3) is 2.86. The molecule has 2 heteroatoms. The second-order valence-electron chi connectivity index (χ2n) is 9.79. The lowest BCUT2D eigenvalue weighted by atomic mass is 9.67. The average Bonchev–Trinajstić information content (AvgIpc) is 3.24. The predicted octanol–water partition coefficient (Wildman–Crippen LogP) is 10.1. The van der Waals surface area contributed by atoms with Crippen LogP contribution in [0.5, 0.6) is 0 Å². The molecule has 6 aromatic carbocycles. The summed E-state index contributed by atoms with van der Waals surface area (Å²) in [6.45, 7) is 0. The van der Waals surface area contributed by atoms with Gasteiger partial charge in [0.25, 0.3) is 0 Å². The Balaban J connectivity index is 1.50. The van der Waals surface area contributed by atoms with Crippen molar-refractivity contribution < 1.29 is 0 Å². The number of rotatable bonds is 1. The van der Waals surface area contributed by atoms with E-state index in [0.29, 0.717) is 0 Å². The van der Waals surface area contributed by atoms with Crippen molar-refractivity contribution in [3.05, 3.63) is 154 Å². The van der Waals surface area contributed by atoms with Gasteiger partial charge in [-0.15, -0.1) is 0 Å². The zero-order valence-corrected chi connectivity index (χ0v) is 22.3. The Hall–Kier alpha value is -3.59. The highest BCUT2D eigenvalue weighted by atomic mass is 79.9. The zero-order chi connectivity index (χ0) is 24.6. The molecule has 0 aromatic heterocycles. The Morgan fingerprint density at radius 3 is 1.78 bits per heavy atom. The molecule has 0 bridgehead atoms. The van der Waals surface area contributed by atoms with E-state index in [2.05, 4.69) is 143 Å². The van der Waals surface area contributed by atoms with E-state index in [4.69, 9.17) is 0 Å². The van der Waals surface area contributed by atoms with Crippen LogP contribution in [-0.4, -0.2) is 0 Å². The van der Waals surface area contributed by atoms with Crippen LogP contribution in [0.15, 0.2) is 142 Å². The quantitative estimate of drug-likeness (QED) is 0.195. The van der Waals surface area contributed by atoms with E-state index in [1.165, 1.54) is 65.1 Å². The Morgan fingerprint density at radius 1 is 0.459 bits per heavy atom. The monoisotopic (exact) mass is 552 g/mol. The summed E-state index contributed by atoms with van der Waals surface area (Å²) in [6.07, 6.45) is 0. The third-order valence-corrected chi connectivity index (χ3v) is 9.87. The summed E-state index contributed by atoms with van der Waals surface area (Å²) in [6, 6.07) is 47.2. The molecule has 0 radical (unpaired) electrons. The first kappa shape index (κ1) is 21.5. The number of halogens is 1. The molecule has 8 rings (SSSR count). The molecule has 2 aliphatic rings. The Labute approximate surface area is 229 Å². The molecule has 1 spiro atoms. The van der Waals surface area contributed by atoms with Gasteiger partial charge in [0.05, 0.1) is 5.41 Å². The van der Waals surface area contributed by atoms with Crippen LogP contribution in [0.3, 0.4) is 0 Å². The van der Waals surface area contributed by atoms with E-state index < -0.39 is 0 Å². The second-order valence-corrected chi connectivity index (χ2v) is 11.7. The molecule has 37 heavy (non-hydrogen) atoms. The van der Waals surface area contributed by atoms with Gasteiger partial charge < -0.3 is 0 Å².